The van der Waals surface area contributed by atoms with Crippen molar-refractivity contribution in [1.82, 2.24) is 5.32 Å². The van der Waals surface area contributed by atoms with Gasteiger partial charge in [0.1, 0.15) is 0 Å². The molecular weight excluding hydrogens is 348 g/mol. The van der Waals surface area contributed by atoms with Crippen molar-refractivity contribution in [3.05, 3.63) is 0 Å². The molecule has 0 heterocycles. The summed E-state index contributed by atoms with van der Waals surface area (Å²) in [4.78, 5) is 46.8. The summed E-state index contributed by atoms with van der Waals surface area (Å²) in [5.74, 6) is -4.41. The summed E-state index contributed by atoms with van der Waals surface area (Å²) >= 11 is 0. The second kappa shape index (κ2) is 11.6. The number of primary amides is 3. The normalized spacial score (nSPS) is 21.8. The summed E-state index contributed by atoms with van der Waals surface area (Å²) in [6.45, 7) is 2.19. The Bertz CT molecular complexity index is 530. The first-order chi connectivity index (χ1) is 12.7. The molecule has 7 N–H and O–H groups in total. The molecule has 0 radical (unpaired) electrons. The minimum absolute atomic E-state index is 0.0663. The average Bonchev–Trinajstić information content (AvgIpc) is 2.59. The summed E-state index contributed by atoms with van der Waals surface area (Å²) in [6.07, 6.45) is 8.28. The molecule has 4 amide bonds. The van der Waals surface area contributed by atoms with Crippen LogP contribution >= 0.6 is 0 Å². The van der Waals surface area contributed by atoms with Crippen LogP contribution in [0.1, 0.15) is 71.1 Å². The highest BCUT2D eigenvalue weighted by atomic mass is 16.2. The number of unbranched alkanes of at least 4 members (excludes halogenated alkanes) is 2. The lowest BCUT2D eigenvalue weighted by Gasteiger charge is -2.30. The summed E-state index contributed by atoms with van der Waals surface area (Å²) in [5, 5.41) is 2.92. The predicted molar refractivity (Wildman–Crippen MR) is 102 cm³/mol. The van der Waals surface area contributed by atoms with E-state index in [4.69, 9.17) is 17.2 Å². The van der Waals surface area contributed by atoms with Crippen molar-refractivity contribution in [2.24, 2.45) is 35.0 Å². The van der Waals surface area contributed by atoms with E-state index in [0.717, 1.165) is 31.6 Å². The zero-order valence-corrected chi connectivity index (χ0v) is 16.2. The van der Waals surface area contributed by atoms with Crippen molar-refractivity contribution < 1.29 is 19.2 Å². The summed E-state index contributed by atoms with van der Waals surface area (Å²) in [7, 11) is 0. The first kappa shape index (κ1) is 22.9. The topological polar surface area (TPSA) is 158 Å². The molecule has 0 aromatic rings. The van der Waals surface area contributed by atoms with Crippen LogP contribution in [0.2, 0.25) is 0 Å². The fourth-order valence-corrected chi connectivity index (χ4v) is 3.86. The number of nitrogens with two attached hydrogens (primary N) is 3. The second-order valence-corrected chi connectivity index (χ2v) is 7.67. The Morgan fingerprint density at radius 1 is 0.889 bits per heavy atom. The van der Waals surface area contributed by atoms with Gasteiger partial charge in [0.05, 0.1) is 11.8 Å². The van der Waals surface area contributed by atoms with Gasteiger partial charge in [0.25, 0.3) is 0 Å². The number of rotatable bonds is 12. The fourth-order valence-electron chi connectivity index (χ4n) is 3.86. The van der Waals surface area contributed by atoms with E-state index in [1.54, 1.807) is 0 Å². The van der Waals surface area contributed by atoms with Gasteiger partial charge in [0, 0.05) is 18.9 Å². The van der Waals surface area contributed by atoms with Crippen LogP contribution < -0.4 is 22.5 Å². The lowest BCUT2D eigenvalue weighted by atomic mass is 9.82. The van der Waals surface area contributed by atoms with Crippen LogP contribution in [0.15, 0.2) is 0 Å². The number of carbonyl (C=O) groups is 4. The molecule has 154 valence electrons. The molecule has 0 aliphatic heterocycles. The maximum Gasteiger partial charge on any atom is 0.221 e. The molecule has 27 heavy (non-hydrogen) atoms. The Morgan fingerprint density at radius 3 is 1.93 bits per heavy atom. The molecule has 1 saturated carbocycles. The molecule has 8 nitrogen and oxygen atoms in total. The van der Waals surface area contributed by atoms with Crippen LogP contribution in [-0.4, -0.2) is 29.7 Å². The quantitative estimate of drug-likeness (QED) is 0.366. The zero-order valence-electron chi connectivity index (χ0n) is 16.2. The lowest BCUT2D eigenvalue weighted by Crippen LogP contribution is -2.44. The molecule has 2 unspecified atom stereocenters. The van der Waals surface area contributed by atoms with Gasteiger partial charge in [-0.2, -0.15) is 0 Å². The van der Waals surface area contributed by atoms with Crippen LogP contribution in [0.5, 0.6) is 0 Å². The number of hydrogen-bond acceptors (Lipinski definition) is 4. The van der Waals surface area contributed by atoms with E-state index >= 15 is 0 Å². The number of nitrogens with one attached hydrogen (secondary N) is 1. The highest BCUT2D eigenvalue weighted by molar-refractivity contribution is 5.92. The highest BCUT2D eigenvalue weighted by Gasteiger charge is 2.34. The molecule has 1 aliphatic carbocycles. The molecule has 2 atom stereocenters. The third-order valence-corrected chi connectivity index (χ3v) is 5.47. The number of hydrogen-bond donors (Lipinski definition) is 4. The van der Waals surface area contributed by atoms with E-state index in [0.29, 0.717) is 0 Å². The lowest BCUT2D eigenvalue weighted by molar-refractivity contribution is -0.137. The third kappa shape index (κ3) is 8.41. The maximum absolute atomic E-state index is 12.3. The number of carbonyl (C=O) groups excluding carboxylic acids is 4. The van der Waals surface area contributed by atoms with Crippen molar-refractivity contribution in [1.29, 1.82) is 0 Å². The van der Waals surface area contributed by atoms with Gasteiger partial charge in [-0.3, -0.25) is 19.2 Å². The van der Waals surface area contributed by atoms with Crippen LogP contribution in [0, 0.1) is 17.8 Å². The monoisotopic (exact) mass is 382 g/mol. The largest absolute Gasteiger partial charge is 0.370 e. The summed E-state index contributed by atoms with van der Waals surface area (Å²) in [6, 6.07) is 0.0663. The Labute approximate surface area is 161 Å². The molecule has 0 bridgehead atoms. The Hall–Kier alpha value is -2.12. The number of amides is 4. The van der Waals surface area contributed by atoms with Crippen molar-refractivity contribution >= 4 is 23.6 Å². The SMILES string of the molecule is CCCCCC1CCC(NC(=O)CC(C(N)=O)C(CC(N)=O)C(N)=O)CC1. The van der Waals surface area contributed by atoms with Crippen LogP contribution in [-0.2, 0) is 19.2 Å². The van der Waals surface area contributed by atoms with Gasteiger partial charge < -0.3 is 22.5 Å². The average molecular weight is 383 g/mol. The maximum atomic E-state index is 12.3. The third-order valence-electron chi connectivity index (χ3n) is 5.47. The van der Waals surface area contributed by atoms with Gasteiger partial charge in [-0.15, -0.1) is 0 Å². The van der Waals surface area contributed by atoms with Crippen molar-refractivity contribution in [2.75, 3.05) is 0 Å². The van der Waals surface area contributed by atoms with Crippen LogP contribution in [0.25, 0.3) is 0 Å². The van der Waals surface area contributed by atoms with E-state index in [1.165, 1.54) is 25.7 Å². The Morgan fingerprint density at radius 2 is 1.44 bits per heavy atom. The van der Waals surface area contributed by atoms with E-state index in [9.17, 15) is 19.2 Å². The Kier molecular flexibility index (Phi) is 9.82. The zero-order chi connectivity index (χ0) is 20.4. The van der Waals surface area contributed by atoms with E-state index in [-0.39, 0.29) is 18.4 Å². The molecule has 0 spiro atoms. The molecular formula is C19H34N4O4. The fraction of sp³-hybridized carbons (Fsp3) is 0.789. The molecule has 1 aliphatic rings. The van der Waals surface area contributed by atoms with Crippen molar-refractivity contribution in [3.8, 4) is 0 Å². The minimum Gasteiger partial charge on any atom is -0.370 e. The first-order valence-corrected chi connectivity index (χ1v) is 9.90. The van der Waals surface area contributed by atoms with Gasteiger partial charge >= 0.3 is 0 Å². The first-order valence-electron chi connectivity index (χ1n) is 9.90. The van der Waals surface area contributed by atoms with Gasteiger partial charge in [0.2, 0.25) is 23.6 Å². The molecule has 8 heteroatoms. The van der Waals surface area contributed by atoms with E-state index in [1.807, 2.05) is 0 Å². The van der Waals surface area contributed by atoms with Gasteiger partial charge in [-0.1, -0.05) is 32.6 Å². The molecule has 1 fully saturated rings. The van der Waals surface area contributed by atoms with Crippen molar-refractivity contribution in [2.45, 2.75) is 77.2 Å². The van der Waals surface area contributed by atoms with Gasteiger partial charge in [0.15, 0.2) is 0 Å². The van der Waals surface area contributed by atoms with Gasteiger partial charge in [-0.05, 0) is 31.6 Å². The molecule has 0 saturated heterocycles. The van der Waals surface area contributed by atoms with Crippen molar-refractivity contribution in [3.63, 3.8) is 0 Å². The smallest absolute Gasteiger partial charge is 0.221 e. The minimum atomic E-state index is -1.17. The molecule has 1 rings (SSSR count). The van der Waals surface area contributed by atoms with Gasteiger partial charge in [-0.25, -0.2) is 0 Å². The predicted octanol–water partition coefficient (Wildman–Crippen LogP) is 0.710. The molecule has 0 aromatic heterocycles. The van der Waals surface area contributed by atoms with E-state index < -0.39 is 36.0 Å². The van der Waals surface area contributed by atoms with Crippen LogP contribution in [0.3, 0.4) is 0 Å². The molecule has 0 aromatic carbocycles. The summed E-state index contributed by atoms with van der Waals surface area (Å²) in [5.41, 5.74) is 15.7. The van der Waals surface area contributed by atoms with E-state index in [2.05, 4.69) is 12.2 Å². The Balaban J connectivity index is 2.52. The summed E-state index contributed by atoms with van der Waals surface area (Å²) < 4.78 is 0. The highest BCUT2D eigenvalue weighted by Crippen LogP contribution is 2.29. The van der Waals surface area contributed by atoms with Crippen LogP contribution in [0.4, 0.5) is 0 Å². The standard InChI is InChI=1S/C19H34N4O4/c1-2-3-4-5-12-6-8-13(9-7-12)23-17(25)11-15(19(22)27)14(18(21)26)10-16(20)24/h12-15H,2-11H2,1H3,(H2,20,24)(H2,21,26)(H2,22,27)(H,23,25). The second-order valence-electron chi connectivity index (χ2n) is 7.67.